The molecule has 0 bridgehead atoms. The monoisotopic (exact) mass is 448 g/mol. The van der Waals surface area contributed by atoms with Gasteiger partial charge in [-0.2, -0.15) is 5.26 Å². The Morgan fingerprint density at radius 1 is 1.37 bits per heavy atom. The molecule has 7 nitrogen and oxygen atoms in total. The lowest BCUT2D eigenvalue weighted by Gasteiger charge is -2.07. The largest absolute Gasteiger partial charge is 0.452 e. The molecule has 2 aromatic heterocycles. The summed E-state index contributed by atoms with van der Waals surface area (Å²) in [7, 11) is 0. The van der Waals surface area contributed by atoms with Gasteiger partial charge in [0.2, 0.25) is 0 Å². The summed E-state index contributed by atoms with van der Waals surface area (Å²) in [5, 5.41) is 12.7. The second-order valence-electron chi connectivity index (χ2n) is 6.10. The maximum Gasteiger partial charge on any atom is 0.340 e. The molecule has 0 saturated carbocycles. The van der Waals surface area contributed by atoms with E-state index in [2.05, 4.69) is 32.3 Å². The third kappa shape index (κ3) is 4.46. The highest BCUT2D eigenvalue weighted by atomic mass is 79.9. The number of anilines is 2. The lowest BCUT2D eigenvalue weighted by molar-refractivity contribution is -0.119. The van der Waals surface area contributed by atoms with Gasteiger partial charge in [0.25, 0.3) is 5.91 Å². The van der Waals surface area contributed by atoms with Gasteiger partial charge in [-0.1, -0.05) is 6.42 Å². The number of esters is 1. The maximum absolute atomic E-state index is 12.2. The van der Waals surface area contributed by atoms with Gasteiger partial charge in [-0.3, -0.25) is 4.79 Å². The van der Waals surface area contributed by atoms with Crippen LogP contribution in [0.5, 0.6) is 0 Å². The van der Waals surface area contributed by atoms with Gasteiger partial charge in [-0.15, -0.1) is 11.3 Å². The summed E-state index contributed by atoms with van der Waals surface area (Å²) >= 11 is 4.59. The molecule has 140 valence electrons. The molecule has 2 heterocycles. The lowest BCUT2D eigenvalue weighted by atomic mass is 10.1. The van der Waals surface area contributed by atoms with Gasteiger partial charge in [-0.25, -0.2) is 9.78 Å². The number of halogens is 1. The highest BCUT2D eigenvalue weighted by Crippen LogP contribution is 2.36. The Morgan fingerprint density at radius 3 is 2.93 bits per heavy atom. The van der Waals surface area contributed by atoms with Crippen LogP contribution in [0.15, 0.2) is 16.9 Å². The number of thiophene rings is 1. The molecule has 0 unspecified atom stereocenters. The standard InChI is InChI=1S/C18H17BrN4O3S/c19-15-6-11(13(21)8-22-15)18(25)26-9-16(24)23-17-12(7-20)10-4-2-1-3-5-14(10)27-17/h6,8H,1-5,9,21H2,(H,23,24). The van der Waals surface area contributed by atoms with Crippen molar-refractivity contribution in [2.24, 2.45) is 0 Å². The number of nitrogens with two attached hydrogens (primary N) is 1. The fraction of sp³-hybridized carbons (Fsp3) is 0.333. The number of aryl methyl sites for hydroxylation is 1. The summed E-state index contributed by atoms with van der Waals surface area (Å²) in [5.74, 6) is -1.21. The molecular weight excluding hydrogens is 432 g/mol. The van der Waals surface area contributed by atoms with Gasteiger partial charge >= 0.3 is 5.97 Å². The number of fused-ring (bicyclic) bond motifs is 1. The van der Waals surface area contributed by atoms with E-state index in [9.17, 15) is 14.9 Å². The number of carbonyl (C=O) groups is 2. The van der Waals surface area contributed by atoms with E-state index in [-0.39, 0.29) is 11.3 Å². The Labute approximate surface area is 168 Å². The van der Waals surface area contributed by atoms with Crippen LogP contribution in [0.3, 0.4) is 0 Å². The molecule has 1 aliphatic carbocycles. The number of nitrogen functional groups attached to an aromatic ring is 1. The van der Waals surface area contributed by atoms with Crippen molar-refractivity contribution in [3.05, 3.63) is 38.4 Å². The zero-order chi connectivity index (χ0) is 19.4. The lowest BCUT2D eigenvalue weighted by Crippen LogP contribution is -2.21. The second kappa shape index (κ2) is 8.50. The van der Waals surface area contributed by atoms with Crippen LogP contribution >= 0.6 is 27.3 Å². The molecule has 9 heteroatoms. The predicted octanol–water partition coefficient (Wildman–Crippen LogP) is 3.42. The first-order valence-corrected chi connectivity index (χ1v) is 10.0. The maximum atomic E-state index is 12.2. The zero-order valence-electron chi connectivity index (χ0n) is 14.4. The molecule has 0 fully saturated rings. The van der Waals surface area contributed by atoms with Crippen molar-refractivity contribution in [1.82, 2.24) is 4.98 Å². The molecule has 0 aliphatic heterocycles. The van der Waals surface area contributed by atoms with Crippen molar-refractivity contribution in [3.8, 4) is 6.07 Å². The number of rotatable bonds is 4. The van der Waals surface area contributed by atoms with E-state index in [0.717, 1.165) is 42.5 Å². The van der Waals surface area contributed by atoms with E-state index >= 15 is 0 Å². The fourth-order valence-electron chi connectivity index (χ4n) is 2.94. The molecule has 0 aromatic carbocycles. The third-order valence-electron chi connectivity index (χ3n) is 4.24. The number of nitriles is 1. The van der Waals surface area contributed by atoms with E-state index in [4.69, 9.17) is 10.5 Å². The number of hydrogen-bond acceptors (Lipinski definition) is 7. The number of carbonyl (C=O) groups excluding carboxylic acids is 2. The topological polar surface area (TPSA) is 118 Å². The molecule has 1 aliphatic rings. The van der Waals surface area contributed by atoms with E-state index in [1.165, 1.54) is 23.6 Å². The summed E-state index contributed by atoms with van der Waals surface area (Å²) in [6, 6.07) is 3.63. The SMILES string of the molecule is N#Cc1c(NC(=O)COC(=O)c2cc(Br)ncc2N)sc2c1CCCCC2. The van der Waals surface area contributed by atoms with Crippen molar-refractivity contribution in [1.29, 1.82) is 5.26 Å². The number of amides is 1. The van der Waals surface area contributed by atoms with E-state index in [1.807, 2.05) is 0 Å². The first-order valence-electron chi connectivity index (χ1n) is 8.42. The molecule has 2 aromatic rings. The smallest absolute Gasteiger partial charge is 0.340 e. The number of ether oxygens (including phenoxy) is 1. The van der Waals surface area contributed by atoms with Crippen LogP contribution in [0.4, 0.5) is 10.7 Å². The van der Waals surface area contributed by atoms with Gasteiger partial charge in [0.05, 0.1) is 23.0 Å². The molecule has 3 rings (SSSR count). The molecular formula is C18H17BrN4O3S. The number of nitrogens with zero attached hydrogens (tertiary/aromatic N) is 2. The Balaban J connectivity index is 1.65. The summed E-state index contributed by atoms with van der Waals surface area (Å²) in [4.78, 5) is 29.4. The normalized spacial score (nSPS) is 13.2. The Bertz CT molecular complexity index is 935. The predicted molar refractivity (Wildman–Crippen MR) is 106 cm³/mol. The summed E-state index contributed by atoms with van der Waals surface area (Å²) in [6.07, 6.45) is 6.40. The Morgan fingerprint density at radius 2 is 2.15 bits per heavy atom. The van der Waals surface area contributed by atoms with Crippen LogP contribution in [0.25, 0.3) is 0 Å². The average Bonchev–Trinajstić information content (AvgIpc) is 2.81. The molecule has 27 heavy (non-hydrogen) atoms. The number of hydrogen-bond donors (Lipinski definition) is 2. The molecule has 3 N–H and O–H groups in total. The van der Waals surface area contributed by atoms with Crippen molar-refractivity contribution >= 4 is 49.8 Å². The zero-order valence-corrected chi connectivity index (χ0v) is 16.8. The van der Waals surface area contributed by atoms with Crippen molar-refractivity contribution in [2.45, 2.75) is 32.1 Å². The second-order valence-corrected chi connectivity index (χ2v) is 8.02. The Hall–Kier alpha value is -2.44. The van der Waals surface area contributed by atoms with Crippen LogP contribution in [0.1, 0.15) is 45.6 Å². The number of nitrogens with one attached hydrogen (secondary N) is 1. The van der Waals surface area contributed by atoms with Crippen molar-refractivity contribution in [3.63, 3.8) is 0 Å². The van der Waals surface area contributed by atoms with Crippen LogP contribution in [0.2, 0.25) is 0 Å². The first-order chi connectivity index (χ1) is 13.0. The van der Waals surface area contributed by atoms with Gasteiger partial charge < -0.3 is 15.8 Å². The highest BCUT2D eigenvalue weighted by molar-refractivity contribution is 9.10. The average molecular weight is 449 g/mol. The van der Waals surface area contributed by atoms with E-state index in [0.29, 0.717) is 15.2 Å². The number of pyridine rings is 1. The van der Waals surface area contributed by atoms with E-state index in [1.54, 1.807) is 0 Å². The van der Waals surface area contributed by atoms with Gasteiger partial charge in [0.1, 0.15) is 15.7 Å². The highest BCUT2D eigenvalue weighted by Gasteiger charge is 2.21. The molecule has 0 spiro atoms. The molecule has 0 atom stereocenters. The van der Waals surface area contributed by atoms with Crippen LogP contribution in [-0.2, 0) is 22.4 Å². The summed E-state index contributed by atoms with van der Waals surface area (Å²) < 4.78 is 5.47. The number of aromatic nitrogens is 1. The van der Waals surface area contributed by atoms with Crippen molar-refractivity contribution < 1.29 is 14.3 Å². The van der Waals surface area contributed by atoms with Crippen LogP contribution < -0.4 is 11.1 Å². The minimum atomic E-state index is -0.715. The first kappa shape index (κ1) is 19.3. The van der Waals surface area contributed by atoms with Crippen molar-refractivity contribution in [2.75, 3.05) is 17.7 Å². The van der Waals surface area contributed by atoms with Gasteiger partial charge in [-0.05, 0) is 53.2 Å². The van der Waals surface area contributed by atoms with Gasteiger partial charge in [0.15, 0.2) is 6.61 Å². The van der Waals surface area contributed by atoms with Crippen LogP contribution in [-0.4, -0.2) is 23.5 Å². The third-order valence-corrected chi connectivity index (χ3v) is 5.88. The molecule has 0 radical (unpaired) electrons. The molecule has 1 amide bonds. The van der Waals surface area contributed by atoms with Crippen LogP contribution in [0, 0.1) is 11.3 Å². The summed E-state index contributed by atoms with van der Waals surface area (Å²) in [5.41, 5.74) is 7.57. The minimum Gasteiger partial charge on any atom is -0.452 e. The fourth-order valence-corrected chi connectivity index (χ4v) is 4.52. The van der Waals surface area contributed by atoms with E-state index < -0.39 is 18.5 Å². The quantitative estimate of drug-likeness (QED) is 0.420. The molecule has 0 saturated heterocycles. The minimum absolute atomic E-state index is 0.130. The van der Waals surface area contributed by atoms with Gasteiger partial charge in [0, 0.05) is 4.88 Å². The summed E-state index contributed by atoms with van der Waals surface area (Å²) in [6.45, 7) is -0.467. The Kier molecular flexibility index (Phi) is 6.08.